The molecule has 2 aromatic rings. The zero-order chi connectivity index (χ0) is 14.4. The SMILES string of the molecule is CCc1ncc(NC(=O)NCC(O)c2ccsc2)cn1. The molecule has 2 aromatic heterocycles. The largest absolute Gasteiger partial charge is 0.387 e. The number of aromatic nitrogens is 2. The van der Waals surface area contributed by atoms with Crippen LogP contribution in [0.3, 0.4) is 0 Å². The third kappa shape index (κ3) is 4.01. The van der Waals surface area contributed by atoms with E-state index >= 15 is 0 Å². The molecule has 0 aliphatic heterocycles. The van der Waals surface area contributed by atoms with Gasteiger partial charge in [0.1, 0.15) is 5.82 Å². The Hall–Kier alpha value is -1.99. The topological polar surface area (TPSA) is 87.1 Å². The van der Waals surface area contributed by atoms with E-state index in [1.54, 1.807) is 12.4 Å². The highest BCUT2D eigenvalue weighted by Crippen LogP contribution is 2.15. The van der Waals surface area contributed by atoms with E-state index in [0.717, 1.165) is 17.8 Å². The smallest absolute Gasteiger partial charge is 0.319 e. The average molecular weight is 292 g/mol. The Bertz CT molecular complexity index is 542. The van der Waals surface area contributed by atoms with Gasteiger partial charge in [-0.1, -0.05) is 6.92 Å². The Morgan fingerprint density at radius 1 is 1.45 bits per heavy atom. The summed E-state index contributed by atoms with van der Waals surface area (Å²) >= 11 is 1.50. The van der Waals surface area contributed by atoms with E-state index in [4.69, 9.17) is 0 Å². The third-order valence-corrected chi connectivity index (χ3v) is 3.36. The number of rotatable bonds is 5. The molecule has 2 amide bonds. The average Bonchev–Trinajstić information content (AvgIpc) is 3.00. The van der Waals surface area contributed by atoms with Gasteiger partial charge in [-0.05, 0) is 22.4 Å². The second-order valence-electron chi connectivity index (χ2n) is 4.15. The first kappa shape index (κ1) is 14.4. The minimum Gasteiger partial charge on any atom is -0.387 e. The number of nitrogens with zero attached hydrogens (tertiary/aromatic N) is 2. The fraction of sp³-hybridized carbons (Fsp3) is 0.308. The van der Waals surface area contributed by atoms with Crippen LogP contribution in [0, 0.1) is 0 Å². The zero-order valence-corrected chi connectivity index (χ0v) is 11.9. The van der Waals surface area contributed by atoms with E-state index in [9.17, 15) is 9.90 Å². The van der Waals surface area contributed by atoms with Gasteiger partial charge in [0.25, 0.3) is 0 Å². The number of aliphatic hydroxyl groups is 1. The molecule has 1 unspecified atom stereocenters. The maximum Gasteiger partial charge on any atom is 0.319 e. The molecule has 3 N–H and O–H groups in total. The summed E-state index contributed by atoms with van der Waals surface area (Å²) in [6.07, 6.45) is 3.16. The lowest BCUT2D eigenvalue weighted by Crippen LogP contribution is -2.32. The van der Waals surface area contributed by atoms with Gasteiger partial charge >= 0.3 is 6.03 Å². The lowest BCUT2D eigenvalue weighted by molar-refractivity contribution is 0.175. The molecule has 106 valence electrons. The fourth-order valence-corrected chi connectivity index (χ4v) is 2.26. The molecule has 20 heavy (non-hydrogen) atoms. The van der Waals surface area contributed by atoms with Crippen molar-refractivity contribution < 1.29 is 9.90 Å². The number of aliphatic hydroxyl groups excluding tert-OH is 1. The van der Waals surface area contributed by atoms with Crippen molar-refractivity contribution in [2.75, 3.05) is 11.9 Å². The zero-order valence-electron chi connectivity index (χ0n) is 11.0. The van der Waals surface area contributed by atoms with Crippen LogP contribution in [0.25, 0.3) is 0 Å². The summed E-state index contributed by atoms with van der Waals surface area (Å²) in [7, 11) is 0. The quantitative estimate of drug-likeness (QED) is 0.786. The third-order valence-electron chi connectivity index (χ3n) is 2.66. The number of carbonyl (C=O) groups is 1. The highest BCUT2D eigenvalue weighted by molar-refractivity contribution is 7.07. The van der Waals surface area contributed by atoms with Gasteiger partial charge in [0.05, 0.1) is 24.2 Å². The first-order valence-corrected chi connectivity index (χ1v) is 7.19. The van der Waals surface area contributed by atoms with Crippen molar-refractivity contribution >= 4 is 23.1 Å². The van der Waals surface area contributed by atoms with Crippen LogP contribution in [0.1, 0.15) is 24.4 Å². The molecule has 0 radical (unpaired) electrons. The molecule has 0 aromatic carbocycles. The van der Waals surface area contributed by atoms with Crippen LogP contribution in [-0.4, -0.2) is 27.7 Å². The monoisotopic (exact) mass is 292 g/mol. The number of thiophene rings is 1. The van der Waals surface area contributed by atoms with Gasteiger partial charge in [-0.3, -0.25) is 0 Å². The van der Waals surface area contributed by atoms with E-state index < -0.39 is 12.1 Å². The molecular weight excluding hydrogens is 276 g/mol. The number of urea groups is 1. The molecule has 0 aliphatic carbocycles. The summed E-state index contributed by atoms with van der Waals surface area (Å²) in [6, 6.07) is 1.43. The lowest BCUT2D eigenvalue weighted by Gasteiger charge is -2.11. The Morgan fingerprint density at radius 3 is 2.80 bits per heavy atom. The number of anilines is 1. The standard InChI is InChI=1S/C13H16N4O2S/c1-2-12-14-5-10(6-15-12)17-13(19)16-7-11(18)9-3-4-20-8-9/h3-6,8,11,18H,2,7H2,1H3,(H2,16,17,19). The normalized spacial score (nSPS) is 11.9. The van der Waals surface area contributed by atoms with Crippen molar-refractivity contribution in [2.45, 2.75) is 19.4 Å². The molecular formula is C13H16N4O2S. The number of aryl methyl sites for hydroxylation is 1. The molecule has 6 nitrogen and oxygen atoms in total. The van der Waals surface area contributed by atoms with Crippen molar-refractivity contribution in [3.63, 3.8) is 0 Å². The van der Waals surface area contributed by atoms with E-state index in [2.05, 4.69) is 20.6 Å². The maximum absolute atomic E-state index is 11.7. The number of hydrogen-bond acceptors (Lipinski definition) is 5. The number of amides is 2. The summed E-state index contributed by atoms with van der Waals surface area (Å²) in [6.45, 7) is 2.11. The molecule has 0 saturated carbocycles. The molecule has 0 spiro atoms. The molecule has 0 saturated heterocycles. The second kappa shape index (κ2) is 6.97. The van der Waals surface area contributed by atoms with Crippen LogP contribution in [0.4, 0.5) is 10.5 Å². The predicted octanol–water partition coefficient (Wildman–Crippen LogP) is 1.96. The summed E-state index contributed by atoms with van der Waals surface area (Å²) < 4.78 is 0. The number of carbonyl (C=O) groups excluding carboxylic acids is 1. The second-order valence-corrected chi connectivity index (χ2v) is 4.93. The van der Waals surface area contributed by atoms with Crippen LogP contribution in [0.5, 0.6) is 0 Å². The summed E-state index contributed by atoms with van der Waals surface area (Å²) in [4.78, 5) is 19.8. The predicted molar refractivity (Wildman–Crippen MR) is 77.7 cm³/mol. The minimum absolute atomic E-state index is 0.149. The molecule has 1 atom stereocenters. The Morgan fingerprint density at radius 2 is 2.20 bits per heavy atom. The van der Waals surface area contributed by atoms with Gasteiger partial charge in [-0.25, -0.2) is 14.8 Å². The molecule has 0 fully saturated rings. The molecule has 0 bridgehead atoms. The van der Waals surface area contributed by atoms with Crippen molar-refractivity contribution in [1.29, 1.82) is 0 Å². The molecule has 7 heteroatoms. The van der Waals surface area contributed by atoms with Crippen molar-refractivity contribution in [1.82, 2.24) is 15.3 Å². The highest BCUT2D eigenvalue weighted by atomic mass is 32.1. The summed E-state index contributed by atoms with van der Waals surface area (Å²) in [5, 5.41) is 18.8. The van der Waals surface area contributed by atoms with Gasteiger partial charge in [-0.2, -0.15) is 11.3 Å². The molecule has 2 heterocycles. The first-order chi connectivity index (χ1) is 9.69. The molecule has 0 aliphatic rings. The van der Waals surface area contributed by atoms with Crippen molar-refractivity contribution in [3.05, 3.63) is 40.6 Å². The van der Waals surface area contributed by atoms with E-state index in [1.807, 2.05) is 23.8 Å². The van der Waals surface area contributed by atoms with Crippen LogP contribution < -0.4 is 10.6 Å². The van der Waals surface area contributed by atoms with Crippen LogP contribution in [0.2, 0.25) is 0 Å². The lowest BCUT2D eigenvalue weighted by atomic mass is 10.2. The van der Waals surface area contributed by atoms with E-state index in [-0.39, 0.29) is 6.54 Å². The summed E-state index contributed by atoms with van der Waals surface area (Å²) in [5.74, 6) is 0.726. The number of hydrogen-bond donors (Lipinski definition) is 3. The first-order valence-electron chi connectivity index (χ1n) is 6.25. The van der Waals surface area contributed by atoms with Gasteiger partial charge in [0.2, 0.25) is 0 Å². The highest BCUT2D eigenvalue weighted by Gasteiger charge is 2.10. The van der Waals surface area contributed by atoms with Crippen LogP contribution in [0.15, 0.2) is 29.2 Å². The Labute approximate surface area is 120 Å². The Balaban J connectivity index is 1.80. The van der Waals surface area contributed by atoms with E-state index in [1.165, 1.54) is 11.3 Å². The van der Waals surface area contributed by atoms with Crippen molar-refractivity contribution in [3.8, 4) is 0 Å². The summed E-state index contributed by atoms with van der Waals surface area (Å²) in [5.41, 5.74) is 1.32. The Kier molecular flexibility index (Phi) is 5.03. The van der Waals surface area contributed by atoms with Gasteiger partial charge in [0, 0.05) is 13.0 Å². The minimum atomic E-state index is -0.703. The fourth-order valence-electron chi connectivity index (χ4n) is 1.55. The van der Waals surface area contributed by atoms with Crippen molar-refractivity contribution in [2.24, 2.45) is 0 Å². The van der Waals surface area contributed by atoms with Crippen LogP contribution >= 0.6 is 11.3 Å². The number of nitrogens with one attached hydrogen (secondary N) is 2. The van der Waals surface area contributed by atoms with Gasteiger partial charge in [-0.15, -0.1) is 0 Å². The van der Waals surface area contributed by atoms with E-state index in [0.29, 0.717) is 5.69 Å². The van der Waals surface area contributed by atoms with Gasteiger partial charge in [0.15, 0.2) is 0 Å². The van der Waals surface area contributed by atoms with Crippen LogP contribution in [-0.2, 0) is 6.42 Å². The van der Waals surface area contributed by atoms with Gasteiger partial charge < -0.3 is 15.7 Å². The molecule has 2 rings (SSSR count). The maximum atomic E-state index is 11.7.